The molecule has 3 rings (SSSR count). The minimum atomic E-state index is -0.0831. The van der Waals surface area contributed by atoms with E-state index in [1.807, 2.05) is 32.3 Å². The first kappa shape index (κ1) is 16.4. The molecule has 24 heavy (non-hydrogen) atoms. The highest BCUT2D eigenvalue weighted by atomic mass is 16.1. The highest BCUT2D eigenvalue weighted by molar-refractivity contribution is 5.91. The van der Waals surface area contributed by atoms with Gasteiger partial charge in [-0.2, -0.15) is 5.26 Å². The molecule has 1 amide bonds. The maximum absolute atomic E-state index is 12.3. The molecule has 0 aliphatic heterocycles. The molecule has 0 atom stereocenters. The number of fused-ring (bicyclic) bond motifs is 1. The van der Waals surface area contributed by atoms with Crippen LogP contribution in [-0.4, -0.2) is 20.4 Å². The zero-order valence-electron chi connectivity index (χ0n) is 14.7. The minimum Gasteiger partial charge on any atom is -0.296 e. The van der Waals surface area contributed by atoms with Gasteiger partial charge in [-0.05, 0) is 37.7 Å². The van der Waals surface area contributed by atoms with Gasteiger partial charge in [0.15, 0.2) is 5.65 Å². The Kier molecular flexibility index (Phi) is 4.04. The number of nitrogens with one attached hydrogen (secondary N) is 1. The van der Waals surface area contributed by atoms with Crippen LogP contribution < -0.4 is 5.32 Å². The van der Waals surface area contributed by atoms with Crippen LogP contribution in [0.15, 0.2) is 6.07 Å². The van der Waals surface area contributed by atoms with Gasteiger partial charge in [-0.1, -0.05) is 20.8 Å². The van der Waals surface area contributed by atoms with E-state index in [0.29, 0.717) is 35.2 Å². The van der Waals surface area contributed by atoms with Gasteiger partial charge in [0.1, 0.15) is 11.6 Å². The lowest BCUT2D eigenvalue weighted by Crippen LogP contribution is -2.24. The van der Waals surface area contributed by atoms with Crippen molar-refractivity contribution in [2.24, 2.45) is 5.41 Å². The second-order valence-corrected chi connectivity index (χ2v) is 7.75. The van der Waals surface area contributed by atoms with Crippen LogP contribution in [0.5, 0.6) is 0 Å². The van der Waals surface area contributed by atoms with E-state index in [1.54, 1.807) is 6.07 Å². The number of imidazole rings is 1. The zero-order chi connectivity index (χ0) is 17.5. The van der Waals surface area contributed by atoms with Crippen molar-refractivity contribution >= 4 is 23.0 Å². The lowest BCUT2D eigenvalue weighted by atomic mass is 9.92. The molecule has 0 spiro atoms. The third kappa shape index (κ3) is 3.12. The van der Waals surface area contributed by atoms with Gasteiger partial charge in [-0.3, -0.25) is 14.7 Å². The Balaban J connectivity index is 2.03. The van der Waals surface area contributed by atoms with Crippen LogP contribution in [0.2, 0.25) is 0 Å². The summed E-state index contributed by atoms with van der Waals surface area (Å²) in [6.45, 7) is 7.93. The van der Waals surface area contributed by atoms with Gasteiger partial charge in [0.05, 0.1) is 11.3 Å². The van der Waals surface area contributed by atoms with E-state index in [1.165, 1.54) is 6.42 Å². The Hall–Kier alpha value is -2.42. The van der Waals surface area contributed by atoms with Crippen LogP contribution in [0.25, 0.3) is 11.2 Å². The molecule has 2 aromatic heterocycles. The molecule has 0 bridgehead atoms. The fourth-order valence-corrected chi connectivity index (χ4v) is 2.95. The molecule has 2 heterocycles. The van der Waals surface area contributed by atoms with Gasteiger partial charge < -0.3 is 0 Å². The standard InChI is InChI=1S/C18H23N5O/c1-11-12(10-19)8-14-16(20-11)23(13-6-5-7-13)17(21-14)22-15(24)9-18(2,3)4/h8,13H,5-7,9H2,1-4H3,(H,21,22,24). The summed E-state index contributed by atoms with van der Waals surface area (Å²) in [5.74, 6) is 0.501. The normalized spacial score (nSPS) is 15.1. The summed E-state index contributed by atoms with van der Waals surface area (Å²) in [6.07, 6.45) is 3.73. The number of hydrogen-bond donors (Lipinski definition) is 1. The monoisotopic (exact) mass is 325 g/mol. The van der Waals surface area contributed by atoms with Gasteiger partial charge in [-0.25, -0.2) is 9.97 Å². The summed E-state index contributed by atoms with van der Waals surface area (Å²) in [6, 6.07) is 4.22. The number of carbonyl (C=O) groups is 1. The van der Waals surface area contributed by atoms with Crippen LogP contribution in [0, 0.1) is 23.7 Å². The Labute approximate surface area is 141 Å². The van der Waals surface area contributed by atoms with E-state index in [-0.39, 0.29) is 11.3 Å². The van der Waals surface area contributed by atoms with E-state index < -0.39 is 0 Å². The molecular weight excluding hydrogens is 302 g/mol. The Morgan fingerprint density at radius 2 is 2.12 bits per heavy atom. The second-order valence-electron chi connectivity index (χ2n) is 7.75. The number of rotatable bonds is 3. The topological polar surface area (TPSA) is 83.6 Å². The Bertz CT molecular complexity index is 834. The second kappa shape index (κ2) is 5.90. The minimum absolute atomic E-state index is 0.0457. The molecule has 1 N–H and O–H groups in total. The van der Waals surface area contributed by atoms with Crippen molar-refractivity contribution in [1.29, 1.82) is 5.26 Å². The Morgan fingerprint density at radius 1 is 1.42 bits per heavy atom. The zero-order valence-corrected chi connectivity index (χ0v) is 14.7. The Morgan fingerprint density at radius 3 is 2.67 bits per heavy atom. The van der Waals surface area contributed by atoms with Crippen molar-refractivity contribution in [3.63, 3.8) is 0 Å². The largest absolute Gasteiger partial charge is 0.296 e. The molecule has 1 saturated carbocycles. The summed E-state index contributed by atoms with van der Waals surface area (Å²) in [5, 5.41) is 12.2. The predicted octanol–water partition coefficient (Wildman–Crippen LogP) is 3.71. The number of amides is 1. The molecule has 0 aromatic carbocycles. The molecule has 1 fully saturated rings. The summed E-state index contributed by atoms with van der Waals surface area (Å²) in [5.41, 5.74) is 2.55. The molecule has 0 unspecified atom stereocenters. The molecule has 126 valence electrons. The van der Waals surface area contributed by atoms with Crippen LogP contribution in [0.1, 0.15) is 63.8 Å². The van der Waals surface area contributed by atoms with Crippen molar-refractivity contribution in [2.75, 3.05) is 5.32 Å². The number of hydrogen-bond acceptors (Lipinski definition) is 4. The number of nitriles is 1. The number of carbonyl (C=O) groups excluding carboxylic acids is 1. The van der Waals surface area contributed by atoms with Crippen LogP contribution in [0.3, 0.4) is 0 Å². The van der Waals surface area contributed by atoms with E-state index in [2.05, 4.69) is 21.4 Å². The first-order valence-electron chi connectivity index (χ1n) is 8.38. The smallest absolute Gasteiger partial charge is 0.227 e. The van der Waals surface area contributed by atoms with Gasteiger partial charge in [0.25, 0.3) is 0 Å². The lowest BCUT2D eigenvalue weighted by molar-refractivity contribution is -0.117. The molecule has 1 aliphatic rings. The van der Waals surface area contributed by atoms with Crippen molar-refractivity contribution in [3.8, 4) is 6.07 Å². The summed E-state index contributed by atoms with van der Waals surface area (Å²) < 4.78 is 2.04. The van der Waals surface area contributed by atoms with Crippen molar-refractivity contribution < 1.29 is 4.79 Å². The molecule has 0 saturated heterocycles. The van der Waals surface area contributed by atoms with Gasteiger partial charge in [-0.15, -0.1) is 0 Å². The van der Waals surface area contributed by atoms with Crippen molar-refractivity contribution in [2.45, 2.75) is 59.4 Å². The first-order chi connectivity index (χ1) is 11.3. The summed E-state index contributed by atoms with van der Waals surface area (Å²) in [4.78, 5) is 21.5. The number of nitrogens with zero attached hydrogens (tertiary/aromatic N) is 4. The molecule has 0 radical (unpaired) electrons. The number of aromatic nitrogens is 3. The average molecular weight is 325 g/mol. The van der Waals surface area contributed by atoms with Gasteiger partial charge in [0, 0.05) is 12.5 Å². The summed E-state index contributed by atoms with van der Waals surface area (Å²) >= 11 is 0. The SMILES string of the molecule is Cc1nc2c(cc1C#N)nc(NC(=O)CC(C)(C)C)n2C1CCC1. The van der Waals surface area contributed by atoms with Gasteiger partial charge >= 0.3 is 0 Å². The third-order valence-corrected chi connectivity index (χ3v) is 4.36. The highest BCUT2D eigenvalue weighted by Gasteiger charge is 2.27. The van der Waals surface area contributed by atoms with Crippen LogP contribution in [-0.2, 0) is 4.79 Å². The fraction of sp³-hybridized carbons (Fsp3) is 0.556. The van der Waals surface area contributed by atoms with E-state index in [9.17, 15) is 10.1 Å². The lowest BCUT2D eigenvalue weighted by Gasteiger charge is -2.28. The predicted molar refractivity (Wildman–Crippen MR) is 92.6 cm³/mol. The molecule has 6 heteroatoms. The maximum Gasteiger partial charge on any atom is 0.227 e. The average Bonchev–Trinajstić information content (AvgIpc) is 2.71. The number of anilines is 1. The van der Waals surface area contributed by atoms with Crippen molar-refractivity contribution in [1.82, 2.24) is 14.5 Å². The molecule has 6 nitrogen and oxygen atoms in total. The maximum atomic E-state index is 12.3. The number of pyridine rings is 1. The van der Waals surface area contributed by atoms with Crippen molar-refractivity contribution in [3.05, 3.63) is 17.3 Å². The molecular formula is C18H23N5O. The quantitative estimate of drug-likeness (QED) is 0.932. The first-order valence-corrected chi connectivity index (χ1v) is 8.38. The molecule has 1 aliphatic carbocycles. The molecule has 2 aromatic rings. The summed E-state index contributed by atoms with van der Waals surface area (Å²) in [7, 11) is 0. The van der Waals surface area contributed by atoms with E-state index in [0.717, 1.165) is 18.5 Å². The third-order valence-electron chi connectivity index (χ3n) is 4.36. The fourth-order valence-electron chi connectivity index (χ4n) is 2.95. The van der Waals surface area contributed by atoms with Crippen LogP contribution in [0.4, 0.5) is 5.95 Å². The van der Waals surface area contributed by atoms with Gasteiger partial charge in [0.2, 0.25) is 11.9 Å². The van der Waals surface area contributed by atoms with Crippen LogP contribution >= 0.6 is 0 Å². The highest BCUT2D eigenvalue weighted by Crippen LogP contribution is 2.37. The van der Waals surface area contributed by atoms with E-state index in [4.69, 9.17) is 0 Å². The van der Waals surface area contributed by atoms with E-state index >= 15 is 0 Å². The number of aryl methyl sites for hydroxylation is 1.